The van der Waals surface area contributed by atoms with E-state index in [4.69, 9.17) is 0 Å². The van der Waals surface area contributed by atoms with Crippen molar-refractivity contribution in [1.29, 1.82) is 0 Å². The first-order valence-corrected chi connectivity index (χ1v) is 10.3. The lowest BCUT2D eigenvalue weighted by atomic mass is 10.1. The monoisotopic (exact) mass is 412 g/mol. The quantitative estimate of drug-likeness (QED) is 0.518. The van der Waals surface area contributed by atoms with Crippen molar-refractivity contribution < 1.29 is 4.79 Å². The van der Waals surface area contributed by atoms with Crippen LogP contribution in [0.15, 0.2) is 77.9 Å². The third kappa shape index (κ3) is 4.53. The van der Waals surface area contributed by atoms with E-state index in [0.29, 0.717) is 35.8 Å². The average molecular weight is 412 g/mol. The van der Waals surface area contributed by atoms with Gasteiger partial charge in [-0.1, -0.05) is 44.2 Å². The zero-order valence-corrected chi connectivity index (χ0v) is 17.6. The maximum Gasteiger partial charge on any atom is 0.277 e. The lowest BCUT2D eigenvalue weighted by Crippen LogP contribution is -2.26. The molecule has 0 unspecified atom stereocenters. The Morgan fingerprint density at radius 1 is 1.03 bits per heavy atom. The van der Waals surface area contributed by atoms with E-state index in [-0.39, 0.29) is 11.5 Å². The van der Waals surface area contributed by atoms with Crippen molar-refractivity contribution in [3.05, 3.63) is 94.5 Å². The van der Waals surface area contributed by atoms with E-state index in [1.54, 1.807) is 41.2 Å². The molecule has 0 spiro atoms. The Balaban J connectivity index is 1.62. The van der Waals surface area contributed by atoms with Crippen molar-refractivity contribution in [2.45, 2.75) is 26.9 Å². The molecule has 4 aromatic rings. The highest BCUT2D eigenvalue weighted by Crippen LogP contribution is 2.19. The number of carbonyl (C=O) groups excluding carboxylic acids is 1. The first-order chi connectivity index (χ1) is 15.0. The molecule has 1 amide bonds. The van der Waals surface area contributed by atoms with Crippen LogP contribution in [0.4, 0.5) is 0 Å². The SMILES string of the molecule is CC(C)Cn1c(=O)c(-c2ccc(C(=O)NCc3cccnc3)cc2)nc2ccccc21. The zero-order chi connectivity index (χ0) is 21.8. The van der Waals surface area contributed by atoms with Crippen molar-refractivity contribution in [3.8, 4) is 11.3 Å². The predicted octanol–water partition coefficient (Wildman–Crippen LogP) is 4.04. The van der Waals surface area contributed by atoms with Crippen molar-refractivity contribution in [3.63, 3.8) is 0 Å². The molecule has 6 nitrogen and oxygen atoms in total. The summed E-state index contributed by atoms with van der Waals surface area (Å²) in [6, 6.07) is 18.4. The molecule has 0 aliphatic heterocycles. The number of amides is 1. The Morgan fingerprint density at radius 3 is 2.52 bits per heavy atom. The van der Waals surface area contributed by atoms with Crippen LogP contribution in [-0.2, 0) is 13.1 Å². The van der Waals surface area contributed by atoms with Crippen molar-refractivity contribution in [1.82, 2.24) is 19.9 Å². The second-order valence-electron chi connectivity index (χ2n) is 7.88. The fourth-order valence-electron chi connectivity index (χ4n) is 3.49. The summed E-state index contributed by atoms with van der Waals surface area (Å²) < 4.78 is 1.79. The van der Waals surface area contributed by atoms with E-state index in [9.17, 15) is 9.59 Å². The zero-order valence-electron chi connectivity index (χ0n) is 17.6. The van der Waals surface area contributed by atoms with Crippen molar-refractivity contribution >= 4 is 16.9 Å². The minimum absolute atomic E-state index is 0.124. The highest BCUT2D eigenvalue weighted by molar-refractivity contribution is 5.94. The Kier molecular flexibility index (Phi) is 5.89. The van der Waals surface area contributed by atoms with Crippen LogP contribution < -0.4 is 10.9 Å². The van der Waals surface area contributed by atoms with E-state index in [1.807, 2.05) is 36.4 Å². The number of pyridine rings is 1. The number of para-hydroxylation sites is 2. The Bertz CT molecular complexity index is 1260. The number of nitrogens with zero attached hydrogens (tertiary/aromatic N) is 3. The molecule has 2 heterocycles. The van der Waals surface area contributed by atoms with Crippen LogP contribution in [0.1, 0.15) is 29.8 Å². The van der Waals surface area contributed by atoms with Crippen LogP contribution in [-0.4, -0.2) is 20.4 Å². The molecule has 0 aliphatic rings. The van der Waals surface area contributed by atoms with Crippen molar-refractivity contribution in [2.75, 3.05) is 0 Å². The van der Waals surface area contributed by atoms with Gasteiger partial charge in [0.25, 0.3) is 11.5 Å². The number of nitrogens with one attached hydrogen (secondary N) is 1. The fourth-order valence-corrected chi connectivity index (χ4v) is 3.49. The molecular weight excluding hydrogens is 388 g/mol. The van der Waals surface area contributed by atoms with E-state index in [1.165, 1.54) is 0 Å². The molecule has 2 aromatic carbocycles. The molecule has 6 heteroatoms. The van der Waals surface area contributed by atoms with Gasteiger partial charge in [0.2, 0.25) is 0 Å². The summed E-state index contributed by atoms with van der Waals surface area (Å²) in [6.07, 6.45) is 3.41. The topological polar surface area (TPSA) is 76.9 Å². The van der Waals surface area contributed by atoms with Gasteiger partial charge in [0.05, 0.1) is 11.0 Å². The molecule has 1 N–H and O–H groups in total. The Hall–Kier alpha value is -3.80. The fraction of sp³-hybridized carbons (Fsp3) is 0.200. The molecule has 2 aromatic heterocycles. The van der Waals surface area contributed by atoms with Gasteiger partial charge in [0, 0.05) is 36.6 Å². The van der Waals surface area contributed by atoms with Crippen LogP contribution in [0.3, 0.4) is 0 Å². The third-order valence-corrected chi connectivity index (χ3v) is 5.00. The second kappa shape index (κ2) is 8.92. The van der Waals surface area contributed by atoms with E-state index in [2.05, 4.69) is 29.1 Å². The molecular formula is C25H24N4O2. The van der Waals surface area contributed by atoms with Crippen LogP contribution in [0.2, 0.25) is 0 Å². The van der Waals surface area contributed by atoms with E-state index in [0.717, 1.165) is 16.6 Å². The molecule has 0 saturated carbocycles. The number of hydrogen-bond donors (Lipinski definition) is 1. The van der Waals surface area contributed by atoms with Gasteiger partial charge in [0.15, 0.2) is 0 Å². The Labute approximate surface area is 180 Å². The smallest absolute Gasteiger partial charge is 0.277 e. The number of aromatic nitrogens is 3. The summed E-state index contributed by atoms with van der Waals surface area (Å²) in [5.41, 5.74) is 4.02. The maximum absolute atomic E-state index is 13.2. The summed E-state index contributed by atoms with van der Waals surface area (Å²) in [6.45, 7) is 5.19. The first kappa shape index (κ1) is 20.5. The minimum atomic E-state index is -0.181. The van der Waals surface area contributed by atoms with E-state index < -0.39 is 0 Å². The summed E-state index contributed by atoms with van der Waals surface area (Å²) in [4.78, 5) is 34.4. The molecule has 156 valence electrons. The lowest BCUT2D eigenvalue weighted by Gasteiger charge is -2.14. The molecule has 31 heavy (non-hydrogen) atoms. The maximum atomic E-state index is 13.2. The van der Waals surface area contributed by atoms with Crippen LogP contribution in [0.5, 0.6) is 0 Å². The number of hydrogen-bond acceptors (Lipinski definition) is 4. The Morgan fingerprint density at radius 2 is 1.81 bits per heavy atom. The second-order valence-corrected chi connectivity index (χ2v) is 7.88. The highest BCUT2D eigenvalue weighted by Gasteiger charge is 2.14. The van der Waals surface area contributed by atoms with Gasteiger partial charge in [-0.3, -0.25) is 14.6 Å². The standard InChI is InChI=1S/C25H24N4O2/c1-17(2)16-29-22-8-4-3-7-21(22)28-23(25(29)31)19-9-11-20(12-10-19)24(30)27-15-18-6-5-13-26-14-18/h3-14,17H,15-16H2,1-2H3,(H,27,30). The number of fused-ring (bicyclic) bond motifs is 1. The molecule has 0 fully saturated rings. The molecule has 0 radical (unpaired) electrons. The van der Waals surface area contributed by atoms with Crippen LogP contribution in [0, 0.1) is 5.92 Å². The summed E-state index contributed by atoms with van der Waals surface area (Å²) in [5, 5.41) is 2.88. The van der Waals surface area contributed by atoms with Gasteiger partial charge in [0.1, 0.15) is 5.69 Å². The summed E-state index contributed by atoms with van der Waals surface area (Å²) in [5.74, 6) is 0.140. The van der Waals surface area contributed by atoms with Gasteiger partial charge >= 0.3 is 0 Å². The van der Waals surface area contributed by atoms with Crippen LogP contribution >= 0.6 is 0 Å². The molecule has 0 bridgehead atoms. The normalized spacial score (nSPS) is 11.1. The lowest BCUT2D eigenvalue weighted by molar-refractivity contribution is 0.0951. The average Bonchev–Trinajstić information content (AvgIpc) is 2.80. The molecule has 0 saturated heterocycles. The summed E-state index contributed by atoms with van der Waals surface area (Å²) in [7, 11) is 0. The molecule has 0 atom stereocenters. The largest absolute Gasteiger partial charge is 0.348 e. The highest BCUT2D eigenvalue weighted by atomic mass is 16.1. The third-order valence-electron chi connectivity index (χ3n) is 5.00. The number of benzene rings is 2. The first-order valence-electron chi connectivity index (χ1n) is 10.3. The van der Waals surface area contributed by atoms with Crippen LogP contribution in [0.25, 0.3) is 22.3 Å². The van der Waals surface area contributed by atoms with Gasteiger partial charge < -0.3 is 9.88 Å². The number of rotatable bonds is 6. The molecule has 4 rings (SSSR count). The number of carbonyl (C=O) groups is 1. The van der Waals surface area contributed by atoms with E-state index >= 15 is 0 Å². The van der Waals surface area contributed by atoms with Gasteiger partial charge in [-0.25, -0.2) is 4.98 Å². The predicted molar refractivity (Wildman–Crippen MR) is 122 cm³/mol. The minimum Gasteiger partial charge on any atom is -0.348 e. The van der Waals surface area contributed by atoms with Gasteiger partial charge in [-0.05, 0) is 41.8 Å². The van der Waals surface area contributed by atoms with Gasteiger partial charge in [-0.2, -0.15) is 0 Å². The summed E-state index contributed by atoms with van der Waals surface area (Å²) >= 11 is 0. The van der Waals surface area contributed by atoms with Crippen molar-refractivity contribution in [2.24, 2.45) is 5.92 Å². The molecule has 0 aliphatic carbocycles. The van der Waals surface area contributed by atoms with Gasteiger partial charge in [-0.15, -0.1) is 0 Å².